The molecule has 0 aliphatic rings. The van der Waals surface area contributed by atoms with Crippen molar-refractivity contribution in [2.75, 3.05) is 140 Å². The van der Waals surface area contributed by atoms with Gasteiger partial charge in [-0.2, -0.15) is 19.8 Å². The third kappa shape index (κ3) is 33.8. The van der Waals surface area contributed by atoms with Crippen molar-refractivity contribution in [2.45, 2.75) is 198 Å². The van der Waals surface area contributed by atoms with Crippen LogP contribution in [-0.2, 0) is 67.0 Å². The zero-order chi connectivity index (χ0) is 79.0. The maximum Gasteiger partial charge on any atom is 0.325 e. The lowest BCUT2D eigenvalue weighted by Crippen LogP contribution is -2.60. The van der Waals surface area contributed by atoms with E-state index in [2.05, 4.69) is 14.8 Å². The first-order chi connectivity index (χ1) is 45.3. The minimum absolute atomic E-state index is 0. The molecule has 3 N–H and O–H groups in total. The summed E-state index contributed by atoms with van der Waals surface area (Å²) >= 11 is 0. The van der Waals surface area contributed by atoms with Crippen LogP contribution in [0, 0.1) is 53.3 Å². The minimum Gasteiger partial charge on any atom is -0.480 e. The van der Waals surface area contributed by atoms with Crippen LogP contribution in [0.5, 0.6) is 0 Å². The highest BCUT2D eigenvalue weighted by atomic mass is 31.0. The summed E-state index contributed by atoms with van der Waals surface area (Å²) in [6, 6.07) is -5.16. The molecule has 14 atom stereocenters. The molecule has 0 bridgehead atoms. The molecule has 0 spiro atoms. The summed E-state index contributed by atoms with van der Waals surface area (Å²) in [5.41, 5.74) is 0. The summed E-state index contributed by atoms with van der Waals surface area (Å²) in [5.74, 6) is -5.29. The van der Waals surface area contributed by atoms with E-state index in [1.165, 1.54) is 62.6 Å². The van der Waals surface area contributed by atoms with Gasteiger partial charge in [0.1, 0.15) is 55.9 Å². The molecule has 28 nitrogen and oxygen atoms in total. The van der Waals surface area contributed by atoms with Crippen LogP contribution in [0.4, 0.5) is 0 Å². The Hall–Kier alpha value is -5.66. The van der Waals surface area contributed by atoms with E-state index in [0.717, 1.165) is 11.3 Å². The number of likely N-dealkylation sites (N-methyl/N-ethyl adjacent to an activating group) is 12. The van der Waals surface area contributed by atoms with Gasteiger partial charge in [0.25, 0.3) is 0 Å². The maximum absolute atomic E-state index is 13.7. The van der Waals surface area contributed by atoms with Crippen LogP contribution in [-0.4, -0.2) is 329 Å². The first-order valence-corrected chi connectivity index (χ1v) is 34.6. The Bertz CT molecular complexity index is 2520. The molecule has 0 fully saturated rings. The van der Waals surface area contributed by atoms with Crippen molar-refractivity contribution >= 4 is 90.9 Å². The molecule has 0 rings (SSSR count). The van der Waals surface area contributed by atoms with Gasteiger partial charge in [0, 0.05) is 56.4 Å². The van der Waals surface area contributed by atoms with Crippen LogP contribution in [0.25, 0.3) is 0 Å². The molecule has 0 aliphatic carbocycles. The van der Waals surface area contributed by atoms with Crippen LogP contribution in [0.1, 0.15) is 144 Å². The Kier molecular flexibility index (Phi) is 54.2. The van der Waals surface area contributed by atoms with Gasteiger partial charge >= 0.3 is 23.9 Å². The van der Waals surface area contributed by atoms with E-state index in [0.29, 0.717) is 12.8 Å². The van der Waals surface area contributed by atoms with Crippen molar-refractivity contribution in [1.29, 1.82) is 0 Å². The van der Waals surface area contributed by atoms with Gasteiger partial charge in [0.05, 0.1) is 32.3 Å². The van der Waals surface area contributed by atoms with Gasteiger partial charge in [-0.3, -0.25) is 72.2 Å². The summed E-state index contributed by atoms with van der Waals surface area (Å²) in [6.45, 7) is 33.9. The van der Waals surface area contributed by atoms with E-state index in [1.54, 1.807) is 68.3 Å². The van der Waals surface area contributed by atoms with E-state index in [4.69, 9.17) is 10.2 Å². The fourth-order valence-electron chi connectivity index (χ4n) is 12.3. The van der Waals surface area contributed by atoms with Gasteiger partial charge < -0.3 is 64.2 Å². The summed E-state index contributed by atoms with van der Waals surface area (Å²) in [6.07, 6.45) is 2.04. The molecule has 30 heteroatoms. The van der Waals surface area contributed by atoms with Crippen molar-refractivity contribution < 1.29 is 77.2 Å². The quantitative estimate of drug-likeness (QED) is 0.0573. The number of aliphatic carboxylic acids is 2. The predicted octanol–water partition coefficient (Wildman–Crippen LogP) is 4.54. The van der Waals surface area contributed by atoms with E-state index in [-0.39, 0.29) is 152 Å². The SMILES string of the molecule is CC(C)[C@H](C(=O)O)N(C)C.CCC(C)[C@H](C(=O)N(C)CC(=O)O)N(C)C(=O)[C@@H](C(C)C)N(C)C(=O)[C@@H](C(C)C)N(C)C.CCC(C)[C@H](C(=O)N(C)CC(=O)OC)N(C)C(=O)[C@@H](C(C)C)N(C)C(=O)[C@@H](C(C)C)N(C)C.CCC(C)[C@H](C(=O)N(C)CC(=O)OC)N(C)C(=O)[C@H](NC)C(C)C.P.P. The van der Waals surface area contributed by atoms with Gasteiger partial charge in [0.2, 0.25) is 47.3 Å². The molecule has 8 amide bonds. The molecule has 0 aliphatic heterocycles. The molecule has 0 saturated carbocycles. The van der Waals surface area contributed by atoms with Gasteiger partial charge in [-0.25, -0.2) is 0 Å². The fraction of sp³-hybridized carbons (Fsp3) is 0.831. The third-order valence-corrected chi connectivity index (χ3v) is 18.2. The second-order valence-electron chi connectivity index (χ2n) is 29.0. The van der Waals surface area contributed by atoms with E-state index >= 15 is 0 Å². The van der Waals surface area contributed by atoms with Crippen LogP contribution in [0.2, 0.25) is 0 Å². The minimum atomic E-state index is -1.12. The molecule has 594 valence electrons. The number of carboxylic acids is 2. The molecular weight excluding hydrogens is 1340 g/mol. The molecule has 101 heavy (non-hydrogen) atoms. The lowest BCUT2D eigenvalue weighted by Gasteiger charge is -2.40. The van der Waals surface area contributed by atoms with Gasteiger partial charge in [-0.05, 0) is 103 Å². The predicted molar refractivity (Wildman–Crippen MR) is 410 cm³/mol. The van der Waals surface area contributed by atoms with Crippen LogP contribution >= 0.6 is 19.8 Å². The van der Waals surface area contributed by atoms with Crippen molar-refractivity contribution in [1.82, 2.24) is 59.2 Å². The van der Waals surface area contributed by atoms with Gasteiger partial charge in [0.15, 0.2) is 0 Å². The van der Waals surface area contributed by atoms with E-state index < -0.39 is 66.5 Å². The Morgan fingerprint density at radius 2 is 0.535 bits per heavy atom. The van der Waals surface area contributed by atoms with E-state index in [1.807, 2.05) is 163 Å². The number of ether oxygens (including phenoxy) is 2. The molecular formula is C71H144N12O16P2. The van der Waals surface area contributed by atoms with Crippen LogP contribution < -0.4 is 5.32 Å². The number of esters is 2. The first-order valence-electron chi connectivity index (χ1n) is 34.6. The highest BCUT2D eigenvalue weighted by Gasteiger charge is 2.44. The number of nitrogens with zero attached hydrogens (tertiary/aromatic N) is 11. The van der Waals surface area contributed by atoms with Crippen LogP contribution in [0.15, 0.2) is 0 Å². The average molecular weight is 1480 g/mol. The summed E-state index contributed by atoms with van der Waals surface area (Å²) in [7, 11) is 27.8. The highest BCUT2D eigenvalue weighted by Crippen LogP contribution is 2.26. The summed E-state index contributed by atoms with van der Waals surface area (Å²) in [5, 5.41) is 20.8. The Morgan fingerprint density at radius 1 is 0.317 bits per heavy atom. The number of carboxylic acid groups (broad SMARTS) is 2. The number of hydrogen-bond acceptors (Lipinski definition) is 18. The van der Waals surface area contributed by atoms with Crippen LogP contribution in [0.3, 0.4) is 0 Å². The fourth-order valence-corrected chi connectivity index (χ4v) is 12.3. The number of carbonyl (C=O) groups excluding carboxylic acids is 10. The molecule has 0 radical (unpaired) electrons. The Morgan fingerprint density at radius 3 is 0.703 bits per heavy atom. The zero-order valence-electron chi connectivity index (χ0n) is 69.1. The number of carbonyl (C=O) groups is 12. The Balaban J connectivity index is -0.000000313. The largest absolute Gasteiger partial charge is 0.480 e. The molecule has 0 aromatic carbocycles. The van der Waals surface area contributed by atoms with Crippen molar-refractivity contribution in [3.8, 4) is 0 Å². The van der Waals surface area contributed by atoms with Crippen molar-refractivity contribution in [3.63, 3.8) is 0 Å². The van der Waals surface area contributed by atoms with Crippen molar-refractivity contribution in [2.24, 2.45) is 53.3 Å². The number of amides is 8. The smallest absolute Gasteiger partial charge is 0.325 e. The maximum atomic E-state index is 13.7. The first kappa shape index (κ1) is 106. The molecule has 5 unspecified atom stereocenters. The number of hydrogen-bond donors (Lipinski definition) is 3. The molecule has 0 aromatic heterocycles. The lowest BCUT2D eigenvalue weighted by molar-refractivity contribution is -0.156. The summed E-state index contributed by atoms with van der Waals surface area (Å²) < 4.78 is 9.28. The second kappa shape index (κ2) is 51.5. The monoisotopic (exact) mass is 1480 g/mol. The Labute approximate surface area is 615 Å². The van der Waals surface area contributed by atoms with E-state index in [9.17, 15) is 57.5 Å². The third-order valence-electron chi connectivity index (χ3n) is 18.2. The van der Waals surface area contributed by atoms with Crippen molar-refractivity contribution in [3.05, 3.63) is 0 Å². The second-order valence-corrected chi connectivity index (χ2v) is 29.0. The number of nitrogens with one attached hydrogen (secondary N) is 1. The zero-order valence-corrected chi connectivity index (χ0v) is 71.9. The standard InChI is InChI=1S/C24H46N4O5.C23H44N4O5.C17H33N3O4.C7H15NO2.2H3P/c1-13-17(6)21(22(30)26(9)14-18(29)33-12)28(11)24(32)20(16(4)5)27(10)23(31)19(15(2)3)25(7)8;1-12-16(6)20(21(30)25(9)13-17(28)29)27(11)23(32)19(15(4)5)26(10)22(31)18(14(2)3)24(7)8;1-9-12(4)15(17(23)19(6)10-13(21)24-8)20(7)16(22)14(18-5)11(2)3;1-5(2)6(7(9)10)8(3)4;;/h15-17,19-21H,13-14H2,1-12H3;14-16,18-20H,12-13H2,1-11H3,(H,28,29);11-12,14-15,18H,9-10H2,1-8H3;5-6H,1-4H3,(H,9,10);2*1H3/t17?,19-,20-,21-;16?,18-,19-,20-;12?,14-,15-;6-;;/m1111../s1. The summed E-state index contributed by atoms with van der Waals surface area (Å²) in [4.78, 5) is 167. The lowest BCUT2D eigenvalue weighted by atomic mass is 9.93. The highest BCUT2D eigenvalue weighted by molar-refractivity contribution is 6.92. The molecule has 0 aromatic rings. The average Bonchev–Trinajstić information content (AvgIpc) is 0.812. The normalized spacial score (nSPS) is 14.7. The van der Waals surface area contributed by atoms with Gasteiger partial charge in [-0.1, -0.05) is 144 Å². The number of rotatable bonds is 36. The topological polar surface area (TPSA) is 311 Å². The van der Waals surface area contributed by atoms with Gasteiger partial charge in [-0.15, -0.1) is 0 Å². The molecule has 0 heterocycles. The molecule has 0 saturated heterocycles. The number of methoxy groups -OCH3 is 2.